The first-order valence-corrected chi connectivity index (χ1v) is 13.1. The van der Waals surface area contributed by atoms with E-state index < -0.39 is 0 Å². The number of ether oxygens (including phenoxy) is 1. The molecule has 5 rings (SSSR count). The summed E-state index contributed by atoms with van der Waals surface area (Å²) >= 11 is 9.57. The fourth-order valence-electron chi connectivity index (χ4n) is 4.62. The molecule has 0 aromatic heterocycles. The number of hydrogen-bond acceptors (Lipinski definition) is 4. The summed E-state index contributed by atoms with van der Waals surface area (Å²) in [7, 11) is 1.56. The predicted molar refractivity (Wildman–Crippen MR) is 152 cm³/mol. The summed E-state index contributed by atoms with van der Waals surface area (Å²) in [6, 6.07) is 24.4. The molecule has 0 bridgehead atoms. The molecule has 1 heterocycles. The molecule has 37 heavy (non-hydrogen) atoms. The van der Waals surface area contributed by atoms with Gasteiger partial charge in [0.1, 0.15) is 5.75 Å². The number of hydrogen-bond donors (Lipinski definition) is 1. The van der Waals surface area contributed by atoms with E-state index >= 15 is 0 Å². The first kappa shape index (κ1) is 25.1. The minimum Gasteiger partial charge on any atom is -0.495 e. The summed E-state index contributed by atoms with van der Waals surface area (Å²) in [5.41, 5.74) is 2.69. The van der Waals surface area contributed by atoms with E-state index in [-0.39, 0.29) is 11.8 Å². The molecular weight excluding hydrogens is 554 g/mol. The standard InChI is InChI=1S/C29H25BrClN3O3/c1-37-27-23(18-20-6-2-3-7-22(20)26(27)30)28(35)32-24-8-4-5-9-25(24)33-14-16-34(17-15-33)29(36)19-10-12-21(31)13-11-19/h2-13,18H,14-17H2,1H3,(H,32,35). The van der Waals surface area contributed by atoms with Gasteiger partial charge in [-0.05, 0) is 69.2 Å². The Kier molecular flexibility index (Phi) is 7.35. The monoisotopic (exact) mass is 577 g/mol. The number of para-hydroxylation sites is 2. The van der Waals surface area contributed by atoms with Crippen LogP contribution in [0.5, 0.6) is 5.75 Å². The van der Waals surface area contributed by atoms with Crippen LogP contribution in [0.3, 0.4) is 0 Å². The predicted octanol–water partition coefficient (Wildman–Crippen LogP) is 6.48. The molecule has 8 heteroatoms. The second-order valence-corrected chi connectivity index (χ2v) is 9.98. The highest BCUT2D eigenvalue weighted by atomic mass is 79.9. The lowest BCUT2D eigenvalue weighted by molar-refractivity contribution is 0.0746. The average Bonchev–Trinajstić information content (AvgIpc) is 2.93. The van der Waals surface area contributed by atoms with E-state index in [0.29, 0.717) is 53.8 Å². The molecule has 1 aliphatic rings. The molecule has 4 aromatic carbocycles. The molecule has 0 atom stereocenters. The zero-order valence-electron chi connectivity index (χ0n) is 20.2. The van der Waals surface area contributed by atoms with E-state index in [0.717, 1.165) is 20.9 Å². The summed E-state index contributed by atoms with van der Waals surface area (Å²) in [6.45, 7) is 2.46. The maximum absolute atomic E-state index is 13.5. The first-order chi connectivity index (χ1) is 18.0. The Bertz CT molecular complexity index is 1470. The average molecular weight is 579 g/mol. The topological polar surface area (TPSA) is 61.9 Å². The molecule has 0 spiro atoms. The molecule has 0 aliphatic carbocycles. The van der Waals surface area contributed by atoms with Gasteiger partial charge in [-0.15, -0.1) is 0 Å². The summed E-state index contributed by atoms with van der Waals surface area (Å²) in [4.78, 5) is 30.4. The second kappa shape index (κ2) is 10.8. The Morgan fingerprint density at radius 2 is 1.59 bits per heavy atom. The smallest absolute Gasteiger partial charge is 0.259 e. The van der Waals surface area contributed by atoms with Crippen molar-refractivity contribution in [2.24, 2.45) is 0 Å². The Morgan fingerprint density at radius 3 is 2.32 bits per heavy atom. The number of carbonyl (C=O) groups is 2. The molecule has 0 unspecified atom stereocenters. The van der Waals surface area contributed by atoms with Crippen molar-refractivity contribution in [3.63, 3.8) is 0 Å². The van der Waals surface area contributed by atoms with Gasteiger partial charge in [0, 0.05) is 36.8 Å². The largest absolute Gasteiger partial charge is 0.495 e. The van der Waals surface area contributed by atoms with E-state index in [1.54, 1.807) is 31.4 Å². The van der Waals surface area contributed by atoms with Crippen molar-refractivity contribution in [1.82, 2.24) is 4.90 Å². The number of carbonyl (C=O) groups excluding carboxylic acids is 2. The number of nitrogens with one attached hydrogen (secondary N) is 1. The number of halogens is 2. The van der Waals surface area contributed by atoms with Gasteiger partial charge in [0.2, 0.25) is 0 Å². The third kappa shape index (κ3) is 5.15. The van der Waals surface area contributed by atoms with Gasteiger partial charge >= 0.3 is 0 Å². The quantitative estimate of drug-likeness (QED) is 0.295. The Balaban J connectivity index is 1.34. The van der Waals surface area contributed by atoms with E-state index in [1.807, 2.05) is 59.5 Å². The van der Waals surface area contributed by atoms with Crippen LogP contribution >= 0.6 is 27.5 Å². The lowest BCUT2D eigenvalue weighted by Gasteiger charge is -2.37. The Hall–Kier alpha value is -3.55. The summed E-state index contributed by atoms with van der Waals surface area (Å²) in [6.07, 6.45) is 0. The number of methoxy groups -OCH3 is 1. The zero-order valence-corrected chi connectivity index (χ0v) is 22.6. The molecule has 0 radical (unpaired) electrons. The lowest BCUT2D eigenvalue weighted by Crippen LogP contribution is -2.49. The SMILES string of the molecule is COc1c(C(=O)Nc2ccccc2N2CCN(C(=O)c3ccc(Cl)cc3)CC2)cc2ccccc2c1Br. The third-order valence-electron chi connectivity index (χ3n) is 6.54. The molecule has 188 valence electrons. The van der Waals surface area contributed by atoms with E-state index in [9.17, 15) is 9.59 Å². The molecule has 2 amide bonds. The van der Waals surface area contributed by atoms with Crippen LogP contribution < -0.4 is 15.0 Å². The van der Waals surface area contributed by atoms with Crippen LogP contribution in [0.2, 0.25) is 5.02 Å². The normalized spacial score (nSPS) is 13.5. The van der Waals surface area contributed by atoms with Gasteiger partial charge in [0.15, 0.2) is 0 Å². The van der Waals surface area contributed by atoms with Gasteiger partial charge in [0.05, 0.1) is 28.5 Å². The summed E-state index contributed by atoms with van der Waals surface area (Å²) in [5.74, 6) is 0.224. The van der Waals surface area contributed by atoms with Crippen LogP contribution in [0.1, 0.15) is 20.7 Å². The Labute approximate surface area is 228 Å². The maximum Gasteiger partial charge on any atom is 0.259 e. The summed E-state index contributed by atoms with van der Waals surface area (Å²) in [5, 5.41) is 5.60. The molecule has 1 aliphatic heterocycles. The van der Waals surface area contributed by atoms with Gasteiger partial charge in [-0.1, -0.05) is 48.0 Å². The number of fused-ring (bicyclic) bond motifs is 1. The van der Waals surface area contributed by atoms with E-state index in [2.05, 4.69) is 26.1 Å². The second-order valence-electron chi connectivity index (χ2n) is 8.75. The number of benzene rings is 4. The van der Waals surface area contributed by atoms with Crippen LogP contribution in [-0.2, 0) is 0 Å². The molecule has 1 saturated heterocycles. The van der Waals surface area contributed by atoms with Crippen LogP contribution in [-0.4, -0.2) is 50.0 Å². The highest BCUT2D eigenvalue weighted by molar-refractivity contribution is 9.10. The van der Waals surface area contributed by atoms with Crippen molar-refractivity contribution in [2.45, 2.75) is 0 Å². The third-order valence-corrected chi connectivity index (χ3v) is 7.58. The van der Waals surface area contributed by atoms with Gasteiger partial charge in [-0.3, -0.25) is 9.59 Å². The summed E-state index contributed by atoms with van der Waals surface area (Å²) < 4.78 is 6.35. The van der Waals surface area contributed by atoms with Crippen molar-refractivity contribution < 1.29 is 14.3 Å². The fraction of sp³-hybridized carbons (Fsp3) is 0.172. The highest BCUT2D eigenvalue weighted by Crippen LogP contribution is 2.37. The van der Waals surface area contributed by atoms with Gasteiger partial charge in [-0.25, -0.2) is 0 Å². The van der Waals surface area contributed by atoms with Gasteiger partial charge in [-0.2, -0.15) is 0 Å². The van der Waals surface area contributed by atoms with Gasteiger partial charge < -0.3 is 19.9 Å². The van der Waals surface area contributed by atoms with E-state index in [1.165, 1.54) is 0 Å². The van der Waals surface area contributed by atoms with Crippen molar-refractivity contribution in [3.8, 4) is 5.75 Å². The van der Waals surface area contributed by atoms with Crippen LogP contribution in [0, 0.1) is 0 Å². The maximum atomic E-state index is 13.5. The molecule has 4 aromatic rings. The van der Waals surface area contributed by atoms with Crippen LogP contribution in [0.25, 0.3) is 10.8 Å². The minimum atomic E-state index is -0.257. The van der Waals surface area contributed by atoms with Crippen molar-refractivity contribution >= 4 is 61.5 Å². The fourth-order valence-corrected chi connectivity index (χ4v) is 5.49. The van der Waals surface area contributed by atoms with Crippen molar-refractivity contribution in [2.75, 3.05) is 43.5 Å². The Morgan fingerprint density at radius 1 is 0.919 bits per heavy atom. The number of rotatable bonds is 5. The van der Waals surface area contributed by atoms with E-state index in [4.69, 9.17) is 16.3 Å². The molecule has 1 N–H and O–H groups in total. The highest BCUT2D eigenvalue weighted by Gasteiger charge is 2.25. The van der Waals surface area contributed by atoms with Crippen molar-refractivity contribution in [1.29, 1.82) is 0 Å². The molecular formula is C29H25BrClN3O3. The number of piperazine rings is 1. The number of anilines is 2. The minimum absolute atomic E-state index is 0.00752. The molecule has 1 fully saturated rings. The number of nitrogens with zero attached hydrogens (tertiary/aromatic N) is 2. The number of amides is 2. The first-order valence-electron chi connectivity index (χ1n) is 11.9. The van der Waals surface area contributed by atoms with Crippen LogP contribution in [0.15, 0.2) is 83.3 Å². The molecule has 6 nitrogen and oxygen atoms in total. The zero-order chi connectivity index (χ0) is 25.9. The van der Waals surface area contributed by atoms with Crippen LogP contribution in [0.4, 0.5) is 11.4 Å². The van der Waals surface area contributed by atoms with Crippen molar-refractivity contribution in [3.05, 3.63) is 99.5 Å². The van der Waals surface area contributed by atoms with Gasteiger partial charge in [0.25, 0.3) is 11.8 Å². The lowest BCUT2D eigenvalue weighted by atomic mass is 10.0. The molecule has 0 saturated carbocycles.